The van der Waals surface area contributed by atoms with E-state index in [2.05, 4.69) is 13.8 Å². The molecule has 132 valence electrons. The molecule has 0 aromatic carbocycles. The summed E-state index contributed by atoms with van der Waals surface area (Å²) in [6, 6.07) is 0. The van der Waals surface area contributed by atoms with Gasteiger partial charge in [0.15, 0.2) is 0 Å². The van der Waals surface area contributed by atoms with Crippen LogP contribution in [-0.4, -0.2) is 6.43 Å². The largest absolute Gasteiger partial charge is 0.238 e. The molecule has 0 nitrogen and oxygen atoms in total. The Kier molecular flexibility index (Phi) is 4.05. The minimum Gasteiger partial charge on any atom is -0.211 e. The predicted octanol–water partition coefficient (Wildman–Crippen LogP) is 6.69. The summed E-state index contributed by atoms with van der Waals surface area (Å²) in [4.78, 5) is 0. The Morgan fingerprint density at radius 1 is 0.826 bits per heavy atom. The Labute approximate surface area is 140 Å². The molecule has 0 heterocycles. The summed E-state index contributed by atoms with van der Waals surface area (Å²) in [5.41, 5.74) is 0.790. The summed E-state index contributed by atoms with van der Waals surface area (Å²) in [5.74, 6) is 3.72. The fourth-order valence-corrected chi connectivity index (χ4v) is 8.01. The van der Waals surface area contributed by atoms with E-state index in [4.69, 9.17) is 0 Å². The molecule has 0 radical (unpaired) electrons. The fraction of sp³-hybridized carbons (Fsp3) is 1.00. The molecule has 23 heavy (non-hydrogen) atoms. The van der Waals surface area contributed by atoms with Crippen LogP contribution in [0.5, 0.6) is 0 Å². The minimum atomic E-state index is -2.11. The third-order valence-electron chi connectivity index (χ3n) is 9.24. The molecule has 0 amide bonds. The van der Waals surface area contributed by atoms with Crippen LogP contribution < -0.4 is 0 Å². The van der Waals surface area contributed by atoms with Gasteiger partial charge in [-0.1, -0.05) is 26.7 Å². The Balaban J connectivity index is 1.57. The molecule has 0 N–H and O–H groups in total. The van der Waals surface area contributed by atoms with Gasteiger partial charge < -0.3 is 0 Å². The van der Waals surface area contributed by atoms with Crippen LogP contribution in [-0.2, 0) is 0 Å². The van der Waals surface area contributed by atoms with Gasteiger partial charge in [-0.05, 0) is 91.8 Å². The van der Waals surface area contributed by atoms with Crippen molar-refractivity contribution in [3.63, 3.8) is 0 Å². The molecular formula is C21H34F2. The van der Waals surface area contributed by atoms with E-state index in [-0.39, 0.29) is 17.8 Å². The van der Waals surface area contributed by atoms with Crippen molar-refractivity contribution >= 4 is 0 Å². The summed E-state index contributed by atoms with van der Waals surface area (Å²) in [6.07, 6.45) is 11.5. The highest BCUT2D eigenvalue weighted by Gasteiger charge is 2.59. The van der Waals surface area contributed by atoms with Gasteiger partial charge in [-0.3, -0.25) is 0 Å². The van der Waals surface area contributed by atoms with Crippen LogP contribution in [0.2, 0.25) is 0 Å². The molecule has 0 aromatic rings. The SMILES string of the molecule is C[C@]12CC[C@H]3[C@@H](CCC4CCCC[C@@]43C)[C@@H]1CC[C@@H]2CC(F)F. The molecule has 0 bridgehead atoms. The molecule has 0 aliphatic heterocycles. The second-order valence-corrected chi connectivity index (χ2v) is 9.85. The predicted molar refractivity (Wildman–Crippen MR) is 90.5 cm³/mol. The second-order valence-electron chi connectivity index (χ2n) is 9.85. The molecule has 0 saturated heterocycles. The number of hydrogen-bond acceptors (Lipinski definition) is 0. The lowest BCUT2D eigenvalue weighted by Gasteiger charge is -2.60. The van der Waals surface area contributed by atoms with E-state index in [9.17, 15) is 8.78 Å². The standard InChI is InChI=1S/C21H34F2/c1-20-11-4-3-5-14(20)6-8-16-17-9-7-15(13-19(22)23)21(17,2)12-10-18(16)20/h14-19H,3-13H2,1-2H3/t14?,15-,16+,17+,18+,20+,21-/m1/s1. The first-order valence-corrected chi connectivity index (χ1v) is 10.2. The average Bonchev–Trinajstić information content (AvgIpc) is 2.83. The van der Waals surface area contributed by atoms with Crippen LogP contribution in [0.15, 0.2) is 0 Å². The molecule has 4 aliphatic carbocycles. The van der Waals surface area contributed by atoms with Crippen LogP contribution in [0, 0.1) is 40.4 Å². The molecule has 4 rings (SSSR count). The number of fused-ring (bicyclic) bond motifs is 5. The zero-order valence-electron chi connectivity index (χ0n) is 15.0. The first-order chi connectivity index (χ1) is 10.9. The highest BCUT2D eigenvalue weighted by Crippen LogP contribution is 2.67. The molecule has 2 heteroatoms. The van der Waals surface area contributed by atoms with E-state index in [1.807, 2.05) is 0 Å². The molecule has 4 aliphatic rings. The third-order valence-corrected chi connectivity index (χ3v) is 9.24. The number of rotatable bonds is 2. The Bertz CT molecular complexity index is 447. The zero-order valence-corrected chi connectivity index (χ0v) is 15.0. The monoisotopic (exact) mass is 324 g/mol. The Hall–Kier alpha value is -0.140. The van der Waals surface area contributed by atoms with Gasteiger partial charge in [0.05, 0.1) is 0 Å². The van der Waals surface area contributed by atoms with Crippen molar-refractivity contribution in [2.75, 3.05) is 0 Å². The van der Waals surface area contributed by atoms with Crippen LogP contribution in [0.3, 0.4) is 0 Å². The number of halogens is 2. The molecule has 0 aromatic heterocycles. The Morgan fingerprint density at radius 2 is 1.61 bits per heavy atom. The molecule has 4 saturated carbocycles. The third kappa shape index (κ3) is 2.41. The van der Waals surface area contributed by atoms with Crippen molar-refractivity contribution in [2.24, 2.45) is 40.4 Å². The van der Waals surface area contributed by atoms with Gasteiger partial charge in [-0.25, -0.2) is 8.78 Å². The summed E-state index contributed by atoms with van der Waals surface area (Å²) in [7, 11) is 0. The van der Waals surface area contributed by atoms with Crippen molar-refractivity contribution < 1.29 is 8.78 Å². The van der Waals surface area contributed by atoms with Crippen LogP contribution in [0.25, 0.3) is 0 Å². The highest BCUT2D eigenvalue weighted by molar-refractivity contribution is 5.08. The van der Waals surface area contributed by atoms with Crippen LogP contribution in [0.4, 0.5) is 8.78 Å². The van der Waals surface area contributed by atoms with Gasteiger partial charge in [-0.15, -0.1) is 0 Å². The van der Waals surface area contributed by atoms with E-state index in [1.165, 1.54) is 57.8 Å². The topological polar surface area (TPSA) is 0 Å². The first-order valence-electron chi connectivity index (χ1n) is 10.2. The van der Waals surface area contributed by atoms with E-state index in [0.29, 0.717) is 5.41 Å². The van der Waals surface area contributed by atoms with Crippen molar-refractivity contribution in [1.29, 1.82) is 0 Å². The molecule has 4 fully saturated rings. The first kappa shape index (κ1) is 16.3. The molecule has 0 spiro atoms. The van der Waals surface area contributed by atoms with Gasteiger partial charge >= 0.3 is 0 Å². The lowest BCUT2D eigenvalue weighted by atomic mass is 9.45. The summed E-state index contributed by atoms with van der Waals surface area (Å²) in [5, 5.41) is 0. The van der Waals surface area contributed by atoms with Gasteiger partial charge in [0, 0.05) is 6.42 Å². The van der Waals surface area contributed by atoms with E-state index in [1.54, 1.807) is 0 Å². The van der Waals surface area contributed by atoms with Crippen molar-refractivity contribution in [3.8, 4) is 0 Å². The highest BCUT2D eigenvalue weighted by atomic mass is 19.3. The van der Waals surface area contributed by atoms with Gasteiger partial charge in [-0.2, -0.15) is 0 Å². The number of hydrogen-bond donors (Lipinski definition) is 0. The van der Waals surface area contributed by atoms with Crippen molar-refractivity contribution in [1.82, 2.24) is 0 Å². The lowest BCUT2D eigenvalue weighted by Crippen LogP contribution is -2.52. The van der Waals surface area contributed by atoms with Gasteiger partial charge in [0.2, 0.25) is 6.43 Å². The maximum absolute atomic E-state index is 13.0. The lowest BCUT2D eigenvalue weighted by molar-refractivity contribution is -0.113. The summed E-state index contributed by atoms with van der Waals surface area (Å²) in [6.45, 7) is 4.98. The molecular weight excluding hydrogens is 290 g/mol. The Morgan fingerprint density at radius 3 is 2.39 bits per heavy atom. The van der Waals surface area contributed by atoms with Gasteiger partial charge in [0.25, 0.3) is 0 Å². The van der Waals surface area contributed by atoms with E-state index >= 15 is 0 Å². The van der Waals surface area contributed by atoms with Crippen LogP contribution >= 0.6 is 0 Å². The zero-order chi connectivity index (χ0) is 16.2. The van der Waals surface area contributed by atoms with Crippen molar-refractivity contribution in [2.45, 2.75) is 90.9 Å². The summed E-state index contributed by atoms with van der Waals surface area (Å²) < 4.78 is 26.1. The van der Waals surface area contributed by atoms with E-state index < -0.39 is 6.43 Å². The molecule has 1 unspecified atom stereocenters. The van der Waals surface area contributed by atoms with E-state index in [0.717, 1.165) is 30.1 Å². The smallest absolute Gasteiger partial charge is 0.211 e. The average molecular weight is 324 g/mol. The maximum atomic E-state index is 13.0. The minimum absolute atomic E-state index is 0.157. The second kappa shape index (κ2) is 5.70. The van der Waals surface area contributed by atoms with Gasteiger partial charge in [0.1, 0.15) is 0 Å². The normalized spacial score (nSPS) is 52.8. The molecule has 7 atom stereocenters. The fourth-order valence-electron chi connectivity index (χ4n) is 8.01. The number of alkyl halides is 2. The maximum Gasteiger partial charge on any atom is 0.238 e. The van der Waals surface area contributed by atoms with Crippen LogP contribution in [0.1, 0.15) is 84.5 Å². The summed E-state index contributed by atoms with van der Waals surface area (Å²) >= 11 is 0. The van der Waals surface area contributed by atoms with Crippen molar-refractivity contribution in [3.05, 3.63) is 0 Å². The quantitative estimate of drug-likeness (QED) is 0.531.